The molecule has 4 heterocycles. The number of halogens is 1. The van der Waals surface area contributed by atoms with Gasteiger partial charge in [-0.25, -0.2) is 0 Å². The number of pyridine rings is 1. The second kappa shape index (κ2) is 7.51. The highest BCUT2D eigenvalue weighted by atomic mass is 35.5. The minimum atomic E-state index is 0.0396. The zero-order valence-electron chi connectivity index (χ0n) is 16.6. The highest BCUT2D eigenvalue weighted by Gasteiger charge is 2.32. The van der Waals surface area contributed by atoms with Gasteiger partial charge in [-0.1, -0.05) is 35.9 Å². The largest absolute Gasteiger partial charge is 0.454 e. The van der Waals surface area contributed by atoms with Crippen molar-refractivity contribution in [2.45, 2.75) is 25.4 Å². The van der Waals surface area contributed by atoms with Gasteiger partial charge >= 0.3 is 0 Å². The van der Waals surface area contributed by atoms with E-state index in [9.17, 15) is 0 Å². The summed E-state index contributed by atoms with van der Waals surface area (Å²) in [5, 5.41) is 11.5. The predicted molar refractivity (Wildman–Crippen MR) is 115 cm³/mol. The molecule has 7 nitrogen and oxygen atoms in total. The molecule has 0 bridgehead atoms. The third-order valence-electron chi connectivity index (χ3n) is 5.88. The molecule has 0 unspecified atom stereocenters. The van der Waals surface area contributed by atoms with E-state index in [1.54, 1.807) is 6.20 Å². The average Bonchev–Trinajstić information content (AvgIpc) is 3.54. The van der Waals surface area contributed by atoms with E-state index in [0.29, 0.717) is 34.8 Å². The maximum absolute atomic E-state index is 6.50. The fourth-order valence-electron chi connectivity index (χ4n) is 4.35. The SMILES string of the molecule is Clc1cc2c(cc1CN1CCC[C@@H]1c1nnc(-c3nccc4ccccc34)o1)OCO2. The maximum atomic E-state index is 6.50. The van der Waals surface area contributed by atoms with Gasteiger partial charge in [0, 0.05) is 29.2 Å². The third-order valence-corrected chi connectivity index (χ3v) is 6.23. The van der Waals surface area contributed by atoms with E-state index in [1.807, 2.05) is 42.5 Å². The normalized spacial score (nSPS) is 18.2. The smallest absolute Gasteiger partial charge is 0.266 e. The topological polar surface area (TPSA) is 73.5 Å². The third kappa shape index (κ3) is 3.30. The summed E-state index contributed by atoms with van der Waals surface area (Å²) < 4.78 is 17.1. The molecule has 156 valence electrons. The van der Waals surface area contributed by atoms with Crippen LogP contribution in [0.1, 0.15) is 30.3 Å². The fraction of sp³-hybridized carbons (Fsp3) is 0.261. The van der Waals surface area contributed by atoms with Crippen LogP contribution in [0.15, 0.2) is 53.1 Å². The van der Waals surface area contributed by atoms with Crippen molar-refractivity contribution in [1.29, 1.82) is 0 Å². The Kier molecular flexibility index (Phi) is 4.51. The first-order valence-electron chi connectivity index (χ1n) is 10.3. The molecule has 0 N–H and O–H groups in total. The van der Waals surface area contributed by atoms with Gasteiger partial charge in [0.05, 0.1) is 6.04 Å². The van der Waals surface area contributed by atoms with E-state index in [-0.39, 0.29) is 12.8 Å². The molecule has 2 aliphatic rings. The predicted octanol–water partition coefficient (Wildman–Crippen LogP) is 5.00. The Bertz CT molecular complexity index is 1270. The van der Waals surface area contributed by atoms with Crippen molar-refractivity contribution in [3.05, 3.63) is 65.1 Å². The molecule has 2 aliphatic heterocycles. The Balaban J connectivity index is 1.29. The van der Waals surface area contributed by atoms with Crippen molar-refractivity contribution in [3.63, 3.8) is 0 Å². The standard InChI is InChI=1S/C23H19ClN4O3/c24-17-11-20-19(29-13-30-20)10-15(17)12-28-9-3-6-18(28)22-26-27-23(31-22)21-16-5-2-1-4-14(16)7-8-25-21/h1-2,4-5,7-8,10-11,18H,3,6,9,12-13H2/t18-/m1/s1. The van der Waals surface area contributed by atoms with Crippen molar-refractivity contribution in [1.82, 2.24) is 20.1 Å². The van der Waals surface area contributed by atoms with Crippen molar-refractivity contribution in [2.24, 2.45) is 0 Å². The zero-order valence-corrected chi connectivity index (χ0v) is 17.4. The molecule has 1 atom stereocenters. The summed E-state index contributed by atoms with van der Waals surface area (Å²) in [5.41, 5.74) is 1.70. The minimum absolute atomic E-state index is 0.0396. The van der Waals surface area contributed by atoms with Crippen LogP contribution in [0.4, 0.5) is 0 Å². The van der Waals surface area contributed by atoms with Gasteiger partial charge < -0.3 is 13.9 Å². The van der Waals surface area contributed by atoms with Gasteiger partial charge in [-0.2, -0.15) is 0 Å². The number of likely N-dealkylation sites (tertiary alicyclic amines) is 1. The number of aromatic nitrogens is 3. The van der Waals surface area contributed by atoms with Gasteiger partial charge in [-0.05, 0) is 42.5 Å². The first-order valence-corrected chi connectivity index (χ1v) is 10.6. The summed E-state index contributed by atoms with van der Waals surface area (Å²) in [5.74, 6) is 2.48. The van der Waals surface area contributed by atoms with E-state index in [0.717, 1.165) is 41.5 Å². The summed E-state index contributed by atoms with van der Waals surface area (Å²) in [4.78, 5) is 6.81. The van der Waals surface area contributed by atoms with Crippen LogP contribution in [-0.4, -0.2) is 33.4 Å². The lowest BCUT2D eigenvalue weighted by Crippen LogP contribution is -2.23. The molecule has 31 heavy (non-hydrogen) atoms. The molecule has 4 aromatic rings. The first kappa shape index (κ1) is 18.6. The average molecular weight is 435 g/mol. The Morgan fingerprint density at radius 2 is 1.94 bits per heavy atom. The van der Waals surface area contributed by atoms with Gasteiger partial charge in [0.25, 0.3) is 5.89 Å². The molecule has 1 fully saturated rings. The molecule has 6 rings (SSSR count). The maximum Gasteiger partial charge on any atom is 0.266 e. The molecular weight excluding hydrogens is 416 g/mol. The Labute approximate surface area is 183 Å². The quantitative estimate of drug-likeness (QED) is 0.447. The zero-order chi connectivity index (χ0) is 20.8. The Morgan fingerprint density at radius 1 is 1.06 bits per heavy atom. The summed E-state index contributed by atoms with van der Waals surface area (Å²) >= 11 is 6.50. The van der Waals surface area contributed by atoms with Crippen LogP contribution in [0.2, 0.25) is 5.02 Å². The lowest BCUT2D eigenvalue weighted by Gasteiger charge is -2.22. The van der Waals surface area contributed by atoms with Crippen LogP contribution < -0.4 is 9.47 Å². The number of rotatable bonds is 4. The molecule has 8 heteroatoms. The van der Waals surface area contributed by atoms with Crippen LogP contribution >= 0.6 is 11.6 Å². The summed E-state index contributed by atoms with van der Waals surface area (Å²) in [6, 6.07) is 13.8. The lowest BCUT2D eigenvalue weighted by molar-refractivity contribution is 0.174. The van der Waals surface area contributed by atoms with Crippen LogP contribution in [0.3, 0.4) is 0 Å². The fourth-order valence-corrected chi connectivity index (χ4v) is 4.56. The van der Waals surface area contributed by atoms with Crippen LogP contribution in [0.5, 0.6) is 11.5 Å². The summed E-state index contributed by atoms with van der Waals surface area (Å²) in [6.45, 7) is 1.83. The number of nitrogens with zero attached hydrogens (tertiary/aromatic N) is 4. The van der Waals surface area contributed by atoms with Crippen molar-refractivity contribution >= 4 is 22.4 Å². The Hall–Kier alpha value is -3.16. The number of ether oxygens (including phenoxy) is 2. The van der Waals surface area contributed by atoms with Gasteiger partial charge in [0.2, 0.25) is 12.7 Å². The second-order valence-electron chi connectivity index (χ2n) is 7.75. The van der Waals surface area contributed by atoms with Crippen LogP contribution in [-0.2, 0) is 6.54 Å². The molecule has 0 amide bonds. The summed E-state index contributed by atoms with van der Waals surface area (Å²) in [6.07, 6.45) is 3.77. The van der Waals surface area contributed by atoms with E-state index < -0.39 is 0 Å². The monoisotopic (exact) mass is 434 g/mol. The first-order chi connectivity index (χ1) is 15.3. The van der Waals surface area contributed by atoms with Gasteiger partial charge in [0.1, 0.15) is 5.69 Å². The number of benzene rings is 2. The van der Waals surface area contributed by atoms with E-state index >= 15 is 0 Å². The number of fused-ring (bicyclic) bond motifs is 2. The second-order valence-corrected chi connectivity index (χ2v) is 8.16. The van der Waals surface area contributed by atoms with Gasteiger partial charge in [-0.15, -0.1) is 10.2 Å². The van der Waals surface area contributed by atoms with Crippen LogP contribution in [0.25, 0.3) is 22.4 Å². The molecule has 0 radical (unpaired) electrons. The Morgan fingerprint density at radius 3 is 2.87 bits per heavy atom. The molecule has 0 spiro atoms. The number of hydrogen-bond donors (Lipinski definition) is 0. The van der Waals surface area contributed by atoms with E-state index in [4.69, 9.17) is 25.5 Å². The van der Waals surface area contributed by atoms with Crippen LogP contribution in [0, 0.1) is 0 Å². The highest BCUT2D eigenvalue weighted by Crippen LogP contribution is 2.40. The molecular formula is C23H19ClN4O3. The molecule has 2 aromatic heterocycles. The van der Waals surface area contributed by atoms with Crippen molar-refractivity contribution < 1.29 is 13.9 Å². The van der Waals surface area contributed by atoms with E-state index in [2.05, 4.69) is 20.1 Å². The van der Waals surface area contributed by atoms with Gasteiger partial charge in [0.15, 0.2) is 11.5 Å². The number of hydrogen-bond acceptors (Lipinski definition) is 7. The molecule has 0 aliphatic carbocycles. The minimum Gasteiger partial charge on any atom is -0.454 e. The summed E-state index contributed by atoms with van der Waals surface area (Å²) in [7, 11) is 0. The molecule has 0 saturated carbocycles. The highest BCUT2D eigenvalue weighted by molar-refractivity contribution is 6.31. The van der Waals surface area contributed by atoms with Gasteiger partial charge in [-0.3, -0.25) is 9.88 Å². The lowest BCUT2D eigenvalue weighted by atomic mass is 10.1. The molecule has 2 aromatic carbocycles. The molecule has 1 saturated heterocycles. The van der Waals surface area contributed by atoms with E-state index in [1.165, 1.54) is 0 Å². The van der Waals surface area contributed by atoms with Crippen molar-refractivity contribution in [2.75, 3.05) is 13.3 Å². The van der Waals surface area contributed by atoms with Crippen molar-refractivity contribution in [3.8, 4) is 23.1 Å².